The van der Waals surface area contributed by atoms with Gasteiger partial charge in [0.1, 0.15) is 30.0 Å². The van der Waals surface area contributed by atoms with E-state index in [1.807, 2.05) is 36.4 Å². The first-order valence-electron chi connectivity index (χ1n) is 11.7. The fraction of sp³-hybridized carbons (Fsp3) is 0.346. The summed E-state index contributed by atoms with van der Waals surface area (Å²) in [6.45, 7) is 2.11. The Morgan fingerprint density at radius 2 is 2.11 bits per heavy atom. The number of nitrogens with one attached hydrogen (secondary N) is 1. The summed E-state index contributed by atoms with van der Waals surface area (Å²) in [4.78, 5) is 23.8. The van der Waals surface area contributed by atoms with Crippen LogP contribution in [-0.4, -0.2) is 60.7 Å². The maximum Gasteiger partial charge on any atom is 0.231 e. The molecule has 0 saturated carbocycles. The van der Waals surface area contributed by atoms with E-state index in [9.17, 15) is 4.79 Å². The highest BCUT2D eigenvalue weighted by Gasteiger charge is 2.28. The average molecular weight is 476 g/mol. The highest BCUT2D eigenvalue weighted by Crippen LogP contribution is 2.34. The second-order valence-electron chi connectivity index (χ2n) is 8.98. The van der Waals surface area contributed by atoms with Gasteiger partial charge in [0, 0.05) is 24.8 Å². The van der Waals surface area contributed by atoms with E-state index in [-0.39, 0.29) is 23.9 Å². The van der Waals surface area contributed by atoms with Crippen molar-refractivity contribution < 1.29 is 19.0 Å². The summed E-state index contributed by atoms with van der Waals surface area (Å²) in [5.74, 6) is 1.89. The van der Waals surface area contributed by atoms with Gasteiger partial charge in [-0.05, 0) is 61.9 Å². The van der Waals surface area contributed by atoms with Gasteiger partial charge in [0.2, 0.25) is 11.9 Å². The fourth-order valence-electron chi connectivity index (χ4n) is 4.49. The number of hydrogen-bond donors (Lipinski definition) is 2. The van der Waals surface area contributed by atoms with Crippen molar-refractivity contribution in [2.24, 2.45) is 5.92 Å². The number of benzene rings is 2. The molecule has 0 aliphatic carbocycles. The Labute approximate surface area is 204 Å². The molecule has 0 spiro atoms. The van der Waals surface area contributed by atoms with Gasteiger partial charge >= 0.3 is 0 Å². The minimum Gasteiger partial charge on any atom is -0.497 e. The number of fused-ring (bicyclic) bond motifs is 1. The molecule has 2 aliphatic heterocycles. The summed E-state index contributed by atoms with van der Waals surface area (Å²) in [5, 5.41) is 3.07. The van der Waals surface area contributed by atoms with E-state index in [0.717, 1.165) is 42.1 Å². The van der Waals surface area contributed by atoms with Crippen LogP contribution in [-0.2, 0) is 11.2 Å². The lowest BCUT2D eigenvalue weighted by Crippen LogP contribution is -2.33. The first-order chi connectivity index (χ1) is 17.0. The van der Waals surface area contributed by atoms with E-state index >= 15 is 0 Å². The van der Waals surface area contributed by atoms with E-state index in [1.54, 1.807) is 19.4 Å². The van der Waals surface area contributed by atoms with Gasteiger partial charge < -0.3 is 30.2 Å². The lowest BCUT2D eigenvalue weighted by Gasteiger charge is -2.25. The van der Waals surface area contributed by atoms with Crippen LogP contribution in [0.4, 0.5) is 11.6 Å². The number of rotatable bonds is 6. The molecule has 9 nitrogen and oxygen atoms in total. The molecular weight excluding hydrogens is 446 g/mol. The number of carbonyl (C=O) groups excluding carboxylic acids is 1. The fourth-order valence-corrected chi connectivity index (χ4v) is 4.49. The van der Waals surface area contributed by atoms with Gasteiger partial charge in [-0.3, -0.25) is 4.79 Å². The van der Waals surface area contributed by atoms with Gasteiger partial charge in [-0.15, -0.1) is 0 Å². The third-order valence-electron chi connectivity index (χ3n) is 6.40. The number of hydrogen-bond acceptors (Lipinski definition) is 8. The number of anilines is 2. The maximum absolute atomic E-state index is 13.2. The first-order valence-corrected chi connectivity index (χ1v) is 11.7. The lowest BCUT2D eigenvalue weighted by molar-refractivity contribution is -0.121. The number of carbonyl (C=O) groups is 1. The van der Waals surface area contributed by atoms with Crippen LogP contribution in [0.1, 0.15) is 12.0 Å². The zero-order chi connectivity index (χ0) is 24.4. The highest BCUT2D eigenvalue weighted by molar-refractivity contribution is 5.95. The second-order valence-corrected chi connectivity index (χ2v) is 8.98. The Bertz CT molecular complexity index is 1230. The summed E-state index contributed by atoms with van der Waals surface area (Å²) in [7, 11) is 3.70. The summed E-state index contributed by atoms with van der Waals surface area (Å²) in [6.07, 6.45) is 3.15. The van der Waals surface area contributed by atoms with Gasteiger partial charge in [-0.25, -0.2) is 9.97 Å². The minimum atomic E-state index is -0.332. The van der Waals surface area contributed by atoms with Crippen LogP contribution in [0.3, 0.4) is 0 Å². The van der Waals surface area contributed by atoms with E-state index in [4.69, 9.17) is 19.9 Å². The van der Waals surface area contributed by atoms with Gasteiger partial charge in [0.05, 0.1) is 24.4 Å². The summed E-state index contributed by atoms with van der Waals surface area (Å²) in [5.41, 5.74) is 8.87. The van der Waals surface area contributed by atoms with E-state index in [1.165, 1.54) is 0 Å². The molecule has 182 valence electrons. The molecule has 3 heterocycles. The Hall–Kier alpha value is -3.85. The molecule has 5 rings (SSSR count). The SMILES string of the molecule is COc1ccc2c(c1)CC(C(=O)Nc1ccc(-c3ccnc(N)n3)cc1OC1CCN(C)C1)CO2. The molecule has 1 amide bonds. The highest BCUT2D eigenvalue weighted by atomic mass is 16.5. The van der Waals surface area contributed by atoms with Crippen LogP contribution in [0.5, 0.6) is 17.2 Å². The third kappa shape index (κ3) is 5.14. The molecule has 2 unspecified atom stereocenters. The topological polar surface area (TPSA) is 112 Å². The molecule has 9 heteroatoms. The molecule has 3 aromatic rings. The molecule has 1 aromatic heterocycles. The van der Waals surface area contributed by atoms with Crippen molar-refractivity contribution in [3.8, 4) is 28.5 Å². The predicted octanol–water partition coefficient (Wildman–Crippen LogP) is 3.01. The molecule has 2 aliphatic rings. The number of nitrogen functional groups attached to an aromatic ring is 1. The first kappa shape index (κ1) is 22.9. The summed E-state index contributed by atoms with van der Waals surface area (Å²) in [6, 6.07) is 13.1. The smallest absolute Gasteiger partial charge is 0.231 e. The van der Waals surface area contributed by atoms with Crippen molar-refractivity contribution in [3.63, 3.8) is 0 Å². The van der Waals surface area contributed by atoms with Crippen LogP contribution in [0.2, 0.25) is 0 Å². The maximum atomic E-state index is 13.2. The van der Waals surface area contributed by atoms with Crippen molar-refractivity contribution >= 4 is 17.5 Å². The van der Waals surface area contributed by atoms with E-state index < -0.39 is 0 Å². The number of methoxy groups -OCH3 is 1. The number of amides is 1. The van der Waals surface area contributed by atoms with Crippen LogP contribution >= 0.6 is 0 Å². The molecule has 0 radical (unpaired) electrons. The Balaban J connectivity index is 1.38. The van der Waals surface area contributed by atoms with Gasteiger partial charge in [-0.2, -0.15) is 0 Å². The second kappa shape index (κ2) is 9.79. The standard InChI is InChI=1S/C26H29N5O4/c1-31-10-8-20(14-31)35-24-13-16(21-7-9-28-26(27)30-21)3-5-22(24)29-25(32)18-11-17-12-19(33-2)4-6-23(17)34-15-18/h3-7,9,12-13,18,20H,8,10-11,14-15H2,1-2H3,(H,29,32)(H2,27,28,30). The van der Waals surface area contributed by atoms with Crippen LogP contribution < -0.4 is 25.3 Å². The molecule has 3 N–H and O–H groups in total. The Morgan fingerprint density at radius 1 is 1.23 bits per heavy atom. The Morgan fingerprint density at radius 3 is 2.89 bits per heavy atom. The third-order valence-corrected chi connectivity index (χ3v) is 6.40. The monoisotopic (exact) mass is 475 g/mol. The van der Waals surface area contributed by atoms with E-state index in [0.29, 0.717) is 30.2 Å². The zero-order valence-electron chi connectivity index (χ0n) is 19.9. The Kier molecular flexibility index (Phi) is 6.41. The summed E-state index contributed by atoms with van der Waals surface area (Å²) >= 11 is 0. The van der Waals surface area contributed by atoms with Gasteiger partial charge in [-0.1, -0.05) is 6.07 Å². The average Bonchev–Trinajstić information content (AvgIpc) is 3.28. The minimum absolute atomic E-state index is 0.0405. The van der Waals surface area contributed by atoms with Gasteiger partial charge in [0.15, 0.2) is 0 Å². The van der Waals surface area contributed by atoms with Crippen molar-refractivity contribution in [1.29, 1.82) is 0 Å². The lowest BCUT2D eigenvalue weighted by atomic mass is 9.95. The van der Waals surface area contributed by atoms with Crippen LogP contribution in [0.15, 0.2) is 48.7 Å². The molecular formula is C26H29N5O4. The quantitative estimate of drug-likeness (QED) is 0.560. The molecule has 35 heavy (non-hydrogen) atoms. The van der Waals surface area contributed by atoms with Crippen molar-refractivity contribution in [2.75, 3.05) is 44.9 Å². The zero-order valence-corrected chi connectivity index (χ0v) is 19.9. The van der Waals surface area contributed by atoms with Crippen molar-refractivity contribution in [1.82, 2.24) is 14.9 Å². The summed E-state index contributed by atoms with van der Waals surface area (Å²) < 4.78 is 17.5. The molecule has 2 aromatic carbocycles. The van der Waals surface area contributed by atoms with Crippen LogP contribution in [0.25, 0.3) is 11.3 Å². The molecule has 0 bridgehead atoms. The van der Waals surface area contributed by atoms with Crippen molar-refractivity contribution in [3.05, 3.63) is 54.2 Å². The number of aromatic nitrogens is 2. The number of ether oxygens (including phenoxy) is 3. The predicted molar refractivity (Wildman–Crippen MR) is 133 cm³/mol. The van der Waals surface area contributed by atoms with Crippen LogP contribution in [0, 0.1) is 5.92 Å². The van der Waals surface area contributed by atoms with Gasteiger partial charge in [0.25, 0.3) is 0 Å². The normalized spacial score (nSPS) is 19.5. The van der Waals surface area contributed by atoms with Crippen molar-refractivity contribution in [2.45, 2.75) is 18.9 Å². The molecule has 1 saturated heterocycles. The molecule has 2 atom stereocenters. The number of nitrogens with zero attached hydrogens (tertiary/aromatic N) is 3. The number of likely N-dealkylation sites (tertiary alicyclic amines) is 1. The van der Waals surface area contributed by atoms with E-state index in [2.05, 4.69) is 27.2 Å². The number of nitrogens with two attached hydrogens (primary N) is 1. The number of likely N-dealkylation sites (N-methyl/N-ethyl adjacent to an activating group) is 1. The molecule has 1 fully saturated rings. The largest absolute Gasteiger partial charge is 0.497 e.